The fourth-order valence-electron chi connectivity index (χ4n) is 3.80. The lowest BCUT2D eigenvalue weighted by Crippen LogP contribution is -2.41. The Bertz CT molecular complexity index is 605. The highest BCUT2D eigenvalue weighted by molar-refractivity contribution is 5.76. The summed E-state index contributed by atoms with van der Waals surface area (Å²) in [5.74, 6) is 0.511. The quantitative estimate of drug-likeness (QED) is 0.843. The van der Waals surface area contributed by atoms with Crippen LogP contribution in [0.1, 0.15) is 43.2 Å². The molecule has 1 aromatic rings. The van der Waals surface area contributed by atoms with Crippen LogP contribution in [0, 0.1) is 5.92 Å². The maximum absolute atomic E-state index is 12.6. The van der Waals surface area contributed by atoms with Crippen LogP contribution in [0.5, 0.6) is 0 Å². The van der Waals surface area contributed by atoms with E-state index < -0.39 is 11.7 Å². The molecule has 1 aromatic carbocycles. The van der Waals surface area contributed by atoms with Crippen molar-refractivity contribution in [3.8, 4) is 0 Å². The van der Waals surface area contributed by atoms with E-state index in [-0.39, 0.29) is 11.9 Å². The van der Waals surface area contributed by atoms with E-state index in [2.05, 4.69) is 10.2 Å². The number of alkyl halides is 3. The summed E-state index contributed by atoms with van der Waals surface area (Å²) < 4.78 is 43.2. The molecule has 150 valence electrons. The van der Waals surface area contributed by atoms with Gasteiger partial charge in [-0.05, 0) is 62.4 Å². The average Bonchev–Trinajstić information content (AvgIpc) is 2.64. The number of nitrogens with one attached hydrogen (secondary N) is 1. The highest BCUT2D eigenvalue weighted by Gasteiger charge is 2.30. The number of rotatable bonds is 5. The van der Waals surface area contributed by atoms with E-state index in [1.54, 1.807) is 12.1 Å². The molecule has 1 amide bonds. The summed E-state index contributed by atoms with van der Waals surface area (Å²) in [6, 6.07) is 5.63. The van der Waals surface area contributed by atoms with E-state index in [0.29, 0.717) is 32.1 Å². The number of amides is 1. The number of nitrogens with zero attached hydrogens (tertiary/aromatic N) is 1. The van der Waals surface area contributed by atoms with Gasteiger partial charge >= 0.3 is 6.18 Å². The SMILES string of the molecule is O=C(CC1CCN(Cc2ccc(C(F)(F)F)cc2)CC1)NC1CCOCC1. The smallest absolute Gasteiger partial charge is 0.381 e. The Hall–Kier alpha value is -1.60. The molecule has 0 saturated carbocycles. The topological polar surface area (TPSA) is 41.6 Å². The molecule has 0 atom stereocenters. The minimum Gasteiger partial charge on any atom is -0.381 e. The Morgan fingerprint density at radius 2 is 1.70 bits per heavy atom. The number of halogens is 3. The minimum atomic E-state index is -4.29. The molecule has 27 heavy (non-hydrogen) atoms. The summed E-state index contributed by atoms with van der Waals surface area (Å²) in [7, 11) is 0. The summed E-state index contributed by atoms with van der Waals surface area (Å²) in [6.45, 7) is 3.83. The predicted octanol–water partition coefficient (Wildman–Crippen LogP) is 3.60. The summed E-state index contributed by atoms with van der Waals surface area (Å²) in [6.07, 6.45) is -0.0636. The van der Waals surface area contributed by atoms with Crippen LogP contribution in [0.2, 0.25) is 0 Å². The number of piperidine rings is 1. The van der Waals surface area contributed by atoms with Gasteiger partial charge in [-0.2, -0.15) is 13.2 Å². The molecule has 1 N–H and O–H groups in total. The normalized spacial score (nSPS) is 20.6. The largest absolute Gasteiger partial charge is 0.416 e. The Morgan fingerprint density at radius 1 is 1.07 bits per heavy atom. The number of likely N-dealkylation sites (tertiary alicyclic amines) is 1. The van der Waals surface area contributed by atoms with Crippen molar-refractivity contribution in [2.45, 2.75) is 50.9 Å². The second-order valence-corrected chi connectivity index (χ2v) is 7.57. The van der Waals surface area contributed by atoms with Crippen LogP contribution in [0.3, 0.4) is 0 Å². The van der Waals surface area contributed by atoms with Gasteiger partial charge in [-0.1, -0.05) is 12.1 Å². The molecular formula is C20H27F3N2O2. The first-order valence-corrected chi connectivity index (χ1v) is 9.66. The van der Waals surface area contributed by atoms with Crippen LogP contribution in [0.25, 0.3) is 0 Å². The van der Waals surface area contributed by atoms with Crippen molar-refractivity contribution in [2.24, 2.45) is 5.92 Å². The maximum atomic E-state index is 12.6. The summed E-state index contributed by atoms with van der Waals surface area (Å²) in [5.41, 5.74) is 0.277. The van der Waals surface area contributed by atoms with Gasteiger partial charge in [0.05, 0.1) is 5.56 Å². The molecule has 0 aliphatic carbocycles. The number of carbonyl (C=O) groups is 1. The first-order valence-electron chi connectivity index (χ1n) is 9.66. The number of hydrogen-bond donors (Lipinski definition) is 1. The third-order valence-corrected chi connectivity index (χ3v) is 5.46. The molecule has 0 spiro atoms. The number of hydrogen-bond acceptors (Lipinski definition) is 3. The lowest BCUT2D eigenvalue weighted by molar-refractivity contribution is -0.137. The van der Waals surface area contributed by atoms with Gasteiger partial charge in [0.15, 0.2) is 0 Å². The lowest BCUT2D eigenvalue weighted by atomic mass is 9.92. The van der Waals surface area contributed by atoms with Crippen LogP contribution in [0.4, 0.5) is 13.2 Å². The number of ether oxygens (including phenoxy) is 1. The second-order valence-electron chi connectivity index (χ2n) is 7.57. The Labute approximate surface area is 158 Å². The molecule has 2 aliphatic rings. The van der Waals surface area contributed by atoms with Crippen LogP contribution >= 0.6 is 0 Å². The number of benzene rings is 1. The first-order chi connectivity index (χ1) is 12.9. The zero-order chi connectivity index (χ0) is 19.3. The Balaban J connectivity index is 1.39. The van der Waals surface area contributed by atoms with Crippen molar-refractivity contribution < 1.29 is 22.7 Å². The van der Waals surface area contributed by atoms with Crippen molar-refractivity contribution >= 4 is 5.91 Å². The van der Waals surface area contributed by atoms with Crippen molar-refractivity contribution in [1.82, 2.24) is 10.2 Å². The van der Waals surface area contributed by atoms with Gasteiger partial charge in [0.2, 0.25) is 5.91 Å². The molecule has 0 aromatic heterocycles. The minimum absolute atomic E-state index is 0.128. The molecule has 7 heteroatoms. The van der Waals surface area contributed by atoms with Gasteiger partial charge in [-0.25, -0.2) is 0 Å². The van der Waals surface area contributed by atoms with Gasteiger partial charge in [-0.15, -0.1) is 0 Å². The van der Waals surface area contributed by atoms with Crippen molar-refractivity contribution in [3.63, 3.8) is 0 Å². The Kier molecular flexibility index (Phi) is 6.76. The first kappa shape index (κ1) is 20.1. The number of carbonyl (C=O) groups excluding carboxylic acids is 1. The maximum Gasteiger partial charge on any atom is 0.416 e. The zero-order valence-corrected chi connectivity index (χ0v) is 15.4. The molecule has 0 radical (unpaired) electrons. The molecule has 0 unspecified atom stereocenters. The van der Waals surface area contributed by atoms with E-state index in [1.165, 1.54) is 0 Å². The van der Waals surface area contributed by atoms with Gasteiger partial charge in [0.25, 0.3) is 0 Å². The standard InChI is InChI=1S/C20H27F3N2O2/c21-20(22,23)17-3-1-16(2-4-17)14-25-9-5-15(6-10-25)13-19(26)24-18-7-11-27-12-8-18/h1-4,15,18H,5-14H2,(H,24,26). The van der Waals surface area contributed by atoms with Crippen LogP contribution in [-0.2, 0) is 22.3 Å². The van der Waals surface area contributed by atoms with Crippen LogP contribution in [0.15, 0.2) is 24.3 Å². The average molecular weight is 384 g/mol. The fourth-order valence-corrected chi connectivity index (χ4v) is 3.80. The van der Waals surface area contributed by atoms with Gasteiger partial charge < -0.3 is 10.1 Å². The molecule has 2 aliphatic heterocycles. The van der Waals surface area contributed by atoms with Crippen molar-refractivity contribution in [1.29, 1.82) is 0 Å². The predicted molar refractivity (Wildman–Crippen MR) is 96.0 cm³/mol. The molecule has 4 nitrogen and oxygen atoms in total. The fraction of sp³-hybridized carbons (Fsp3) is 0.650. The van der Waals surface area contributed by atoms with E-state index >= 15 is 0 Å². The van der Waals surface area contributed by atoms with Crippen molar-refractivity contribution in [2.75, 3.05) is 26.3 Å². The van der Waals surface area contributed by atoms with Crippen molar-refractivity contribution in [3.05, 3.63) is 35.4 Å². The van der Waals surface area contributed by atoms with Crippen LogP contribution in [-0.4, -0.2) is 43.2 Å². The molecular weight excluding hydrogens is 357 g/mol. The lowest BCUT2D eigenvalue weighted by Gasteiger charge is -2.32. The van der Waals surface area contributed by atoms with E-state index in [1.807, 2.05) is 0 Å². The third-order valence-electron chi connectivity index (χ3n) is 5.46. The van der Waals surface area contributed by atoms with Crippen LogP contribution < -0.4 is 5.32 Å². The monoisotopic (exact) mass is 384 g/mol. The van der Waals surface area contributed by atoms with Gasteiger partial charge in [-0.3, -0.25) is 9.69 Å². The van der Waals surface area contributed by atoms with E-state index in [4.69, 9.17) is 4.74 Å². The second kappa shape index (κ2) is 9.06. The molecule has 2 saturated heterocycles. The summed E-state index contributed by atoms with van der Waals surface area (Å²) in [5, 5.41) is 3.11. The molecule has 3 rings (SSSR count). The summed E-state index contributed by atoms with van der Waals surface area (Å²) in [4.78, 5) is 14.5. The van der Waals surface area contributed by atoms with E-state index in [9.17, 15) is 18.0 Å². The zero-order valence-electron chi connectivity index (χ0n) is 15.4. The third kappa shape index (κ3) is 6.21. The molecule has 2 fully saturated rings. The highest BCUT2D eigenvalue weighted by Crippen LogP contribution is 2.29. The molecule has 0 bridgehead atoms. The highest BCUT2D eigenvalue weighted by atomic mass is 19.4. The van der Waals surface area contributed by atoms with E-state index in [0.717, 1.165) is 56.5 Å². The van der Waals surface area contributed by atoms with Gasteiger partial charge in [0.1, 0.15) is 0 Å². The Morgan fingerprint density at radius 3 is 2.30 bits per heavy atom. The summed E-state index contributed by atoms with van der Waals surface area (Å²) >= 11 is 0. The van der Waals surface area contributed by atoms with Gasteiger partial charge in [0, 0.05) is 32.2 Å². The molecule has 2 heterocycles.